The largest absolute Gasteiger partial charge is 0.492 e. The second kappa shape index (κ2) is 12.8. The smallest absolute Gasteiger partial charge is 0.240 e. The van der Waals surface area contributed by atoms with Gasteiger partial charge < -0.3 is 9.64 Å². The summed E-state index contributed by atoms with van der Waals surface area (Å²) in [6.07, 6.45) is 7.46. The van der Waals surface area contributed by atoms with Crippen LogP contribution in [0.15, 0.2) is 42.5 Å². The summed E-state index contributed by atoms with van der Waals surface area (Å²) >= 11 is 12.6. The summed E-state index contributed by atoms with van der Waals surface area (Å²) in [6.45, 7) is 7.63. The third-order valence-electron chi connectivity index (χ3n) is 8.32. The Morgan fingerprint density at radius 1 is 0.919 bits per heavy atom. The molecule has 3 saturated heterocycles. The molecule has 3 aliphatic heterocycles. The van der Waals surface area contributed by atoms with Crippen LogP contribution in [0.1, 0.15) is 55.6 Å². The lowest BCUT2D eigenvalue weighted by molar-refractivity contribution is -0.137. The molecule has 3 fully saturated rings. The second-order valence-electron chi connectivity index (χ2n) is 10.7. The fourth-order valence-electron chi connectivity index (χ4n) is 6.18. The Hall–Kier alpha value is -1.79. The van der Waals surface area contributed by atoms with Gasteiger partial charge in [-0.2, -0.15) is 0 Å². The van der Waals surface area contributed by atoms with Crippen LogP contribution < -0.4 is 4.74 Å². The maximum Gasteiger partial charge on any atom is 0.240 e. The first kappa shape index (κ1) is 26.8. The molecule has 5 nitrogen and oxygen atoms in total. The number of amides is 1. The van der Waals surface area contributed by atoms with Crippen molar-refractivity contribution in [2.45, 2.75) is 56.9 Å². The maximum atomic E-state index is 13.8. The molecular weight excluding hydrogens is 505 g/mol. The van der Waals surface area contributed by atoms with Crippen molar-refractivity contribution in [1.29, 1.82) is 0 Å². The zero-order valence-corrected chi connectivity index (χ0v) is 23.2. The molecule has 1 amide bonds. The van der Waals surface area contributed by atoms with E-state index in [9.17, 15) is 4.79 Å². The Kier molecular flexibility index (Phi) is 9.30. The first-order chi connectivity index (χ1) is 18.1. The molecule has 2 aromatic rings. The van der Waals surface area contributed by atoms with Gasteiger partial charge in [0.15, 0.2) is 0 Å². The van der Waals surface area contributed by atoms with Gasteiger partial charge in [0.2, 0.25) is 5.91 Å². The van der Waals surface area contributed by atoms with E-state index in [0.29, 0.717) is 22.4 Å². The van der Waals surface area contributed by atoms with E-state index >= 15 is 0 Å². The monoisotopic (exact) mass is 543 g/mol. The van der Waals surface area contributed by atoms with E-state index in [1.54, 1.807) is 6.07 Å². The Morgan fingerprint density at radius 3 is 2.35 bits per heavy atom. The zero-order valence-electron chi connectivity index (χ0n) is 21.7. The van der Waals surface area contributed by atoms with Crippen LogP contribution in [0.4, 0.5) is 0 Å². The van der Waals surface area contributed by atoms with E-state index in [0.717, 1.165) is 76.3 Å². The van der Waals surface area contributed by atoms with E-state index in [1.165, 1.54) is 31.5 Å². The molecule has 37 heavy (non-hydrogen) atoms. The van der Waals surface area contributed by atoms with Crippen molar-refractivity contribution in [3.05, 3.63) is 63.6 Å². The average Bonchev–Trinajstić information content (AvgIpc) is 3.63. The second-order valence-corrected chi connectivity index (χ2v) is 11.6. The van der Waals surface area contributed by atoms with E-state index in [2.05, 4.69) is 39.0 Å². The van der Waals surface area contributed by atoms with E-state index < -0.39 is 0 Å². The van der Waals surface area contributed by atoms with Crippen molar-refractivity contribution in [3.63, 3.8) is 0 Å². The minimum atomic E-state index is -0.168. The summed E-state index contributed by atoms with van der Waals surface area (Å²) in [5.41, 5.74) is 2.28. The lowest BCUT2D eigenvalue weighted by Crippen LogP contribution is -2.51. The molecule has 200 valence electrons. The first-order valence-electron chi connectivity index (χ1n) is 14.0. The van der Waals surface area contributed by atoms with Crippen molar-refractivity contribution in [3.8, 4) is 5.75 Å². The average molecular weight is 545 g/mol. The predicted octanol–water partition coefficient (Wildman–Crippen LogP) is 5.88. The molecule has 0 spiro atoms. The van der Waals surface area contributed by atoms with Gasteiger partial charge in [0.1, 0.15) is 12.4 Å². The van der Waals surface area contributed by atoms with Gasteiger partial charge in [-0.25, -0.2) is 0 Å². The lowest BCUT2D eigenvalue weighted by Gasteiger charge is -2.37. The van der Waals surface area contributed by atoms with E-state index in [1.807, 2.05) is 12.1 Å². The Morgan fingerprint density at radius 2 is 1.62 bits per heavy atom. The molecule has 0 N–H and O–H groups in total. The third kappa shape index (κ3) is 6.81. The lowest BCUT2D eigenvalue weighted by atomic mass is 9.88. The van der Waals surface area contributed by atoms with Crippen LogP contribution in [-0.2, 0) is 11.2 Å². The van der Waals surface area contributed by atoms with Crippen LogP contribution in [0.5, 0.6) is 5.75 Å². The topological polar surface area (TPSA) is 36.0 Å². The number of nitrogens with zero attached hydrogens (tertiary/aromatic N) is 3. The van der Waals surface area contributed by atoms with Gasteiger partial charge in [0.05, 0.1) is 6.04 Å². The van der Waals surface area contributed by atoms with E-state index in [-0.39, 0.29) is 11.9 Å². The van der Waals surface area contributed by atoms with Crippen molar-refractivity contribution < 1.29 is 9.53 Å². The van der Waals surface area contributed by atoms with Crippen LogP contribution >= 0.6 is 23.2 Å². The highest BCUT2D eigenvalue weighted by Gasteiger charge is 2.34. The van der Waals surface area contributed by atoms with Gasteiger partial charge in [0.25, 0.3) is 0 Å². The molecule has 0 bridgehead atoms. The molecule has 1 atom stereocenters. The van der Waals surface area contributed by atoms with Gasteiger partial charge in [-0.15, -0.1) is 0 Å². The van der Waals surface area contributed by atoms with E-state index in [4.69, 9.17) is 27.9 Å². The zero-order chi connectivity index (χ0) is 25.6. The molecule has 2 aromatic carbocycles. The van der Waals surface area contributed by atoms with Gasteiger partial charge in [-0.3, -0.25) is 14.6 Å². The number of halogens is 2. The molecule has 5 rings (SSSR count). The van der Waals surface area contributed by atoms with Crippen LogP contribution in [0.3, 0.4) is 0 Å². The number of likely N-dealkylation sites (tertiary alicyclic amines) is 3. The van der Waals surface area contributed by atoms with Gasteiger partial charge in [0, 0.05) is 29.7 Å². The fraction of sp³-hybridized carbons (Fsp3) is 0.567. The summed E-state index contributed by atoms with van der Waals surface area (Å²) in [5, 5.41) is 1.27. The number of para-hydroxylation sites is 1. The van der Waals surface area contributed by atoms with Crippen molar-refractivity contribution in [2.24, 2.45) is 0 Å². The first-order valence-corrected chi connectivity index (χ1v) is 14.7. The number of piperidine rings is 1. The fourth-order valence-corrected chi connectivity index (χ4v) is 6.67. The Balaban J connectivity index is 1.21. The predicted molar refractivity (Wildman–Crippen MR) is 151 cm³/mol. The summed E-state index contributed by atoms with van der Waals surface area (Å²) in [4.78, 5) is 20.8. The number of hydrogen-bond donors (Lipinski definition) is 0. The van der Waals surface area contributed by atoms with Crippen LogP contribution in [-0.4, -0.2) is 79.1 Å². The Labute approximate surface area is 231 Å². The van der Waals surface area contributed by atoms with Crippen LogP contribution in [0, 0.1) is 0 Å². The molecular formula is C30H39Cl2N3O2. The molecule has 0 aromatic heterocycles. The highest BCUT2D eigenvalue weighted by Crippen LogP contribution is 2.35. The quantitative estimate of drug-likeness (QED) is 0.395. The number of benzene rings is 2. The number of ether oxygens (including phenoxy) is 1. The van der Waals surface area contributed by atoms with Crippen LogP contribution in [0.25, 0.3) is 0 Å². The standard InChI is InChI=1S/C30H39Cl2N3O2/c31-25-10-9-24(27(32)22-25)21-28(34-15-5-6-16-34)30(36)35-17-11-23(12-18-35)26-7-1-2-8-29(26)37-20-19-33-13-3-4-14-33/h1-2,7-10,22-23,28H,3-6,11-21H2/t28-/m1/s1. The molecule has 0 radical (unpaired) electrons. The number of carbonyl (C=O) groups excluding carboxylic acids is 1. The molecule has 0 aliphatic carbocycles. The maximum absolute atomic E-state index is 13.8. The summed E-state index contributed by atoms with van der Waals surface area (Å²) in [6, 6.07) is 13.9. The van der Waals surface area contributed by atoms with Gasteiger partial charge in [-0.1, -0.05) is 47.5 Å². The number of carbonyl (C=O) groups is 1. The summed E-state index contributed by atoms with van der Waals surface area (Å²) in [7, 11) is 0. The molecule has 0 unspecified atom stereocenters. The number of rotatable bonds is 9. The van der Waals surface area contributed by atoms with Gasteiger partial charge >= 0.3 is 0 Å². The number of hydrogen-bond acceptors (Lipinski definition) is 4. The molecule has 3 aliphatic rings. The third-order valence-corrected chi connectivity index (χ3v) is 8.91. The summed E-state index contributed by atoms with van der Waals surface area (Å²) in [5.74, 6) is 1.67. The highest BCUT2D eigenvalue weighted by atomic mass is 35.5. The normalized spacial score (nSPS) is 20.4. The highest BCUT2D eigenvalue weighted by molar-refractivity contribution is 6.35. The summed E-state index contributed by atoms with van der Waals surface area (Å²) < 4.78 is 6.27. The van der Waals surface area contributed by atoms with Gasteiger partial charge in [-0.05, 0) is 106 Å². The minimum absolute atomic E-state index is 0.168. The molecule has 3 heterocycles. The minimum Gasteiger partial charge on any atom is -0.492 e. The van der Waals surface area contributed by atoms with Crippen molar-refractivity contribution in [2.75, 3.05) is 52.4 Å². The van der Waals surface area contributed by atoms with Crippen LogP contribution in [0.2, 0.25) is 10.0 Å². The van der Waals surface area contributed by atoms with Crippen molar-refractivity contribution in [1.82, 2.24) is 14.7 Å². The van der Waals surface area contributed by atoms with Crippen molar-refractivity contribution >= 4 is 29.1 Å². The Bertz CT molecular complexity index is 1040. The molecule has 0 saturated carbocycles. The molecule has 7 heteroatoms. The SMILES string of the molecule is O=C([C@@H](Cc1ccc(Cl)cc1Cl)N1CCCC1)N1CCC(c2ccccc2OCCN2CCCC2)CC1.